The van der Waals surface area contributed by atoms with Gasteiger partial charge in [-0.3, -0.25) is 4.79 Å². The number of ketones is 1. The van der Waals surface area contributed by atoms with E-state index in [9.17, 15) is 23.1 Å². The van der Waals surface area contributed by atoms with Crippen LogP contribution >= 0.6 is 0 Å². The molecule has 116 valence electrons. The first kappa shape index (κ1) is 15.1. The SMILES string of the molecule is O=C(/C=C(\[O-])c1c2ccccc2cc2ccccc12)C(F)(F)F. The Labute approximate surface area is 129 Å². The van der Waals surface area contributed by atoms with Crippen molar-refractivity contribution in [2.45, 2.75) is 6.18 Å². The number of carbonyl (C=O) groups excluding carboxylic acids is 1. The van der Waals surface area contributed by atoms with Crippen molar-refractivity contribution in [2.75, 3.05) is 0 Å². The van der Waals surface area contributed by atoms with Crippen LogP contribution in [0.5, 0.6) is 0 Å². The summed E-state index contributed by atoms with van der Waals surface area (Å²) in [6.45, 7) is 0. The van der Waals surface area contributed by atoms with E-state index in [-0.39, 0.29) is 11.6 Å². The summed E-state index contributed by atoms with van der Waals surface area (Å²) in [4.78, 5) is 11.1. The molecule has 0 heterocycles. The molecular weight excluding hydrogens is 305 g/mol. The normalized spacial score (nSPS) is 12.7. The Morgan fingerprint density at radius 1 is 0.913 bits per heavy atom. The van der Waals surface area contributed by atoms with Gasteiger partial charge in [-0.2, -0.15) is 13.2 Å². The molecule has 0 unspecified atom stereocenters. The molecule has 3 rings (SSSR count). The van der Waals surface area contributed by atoms with Gasteiger partial charge in [0.15, 0.2) is 0 Å². The lowest BCUT2D eigenvalue weighted by Gasteiger charge is -2.18. The molecule has 5 heteroatoms. The lowest BCUT2D eigenvalue weighted by molar-refractivity contribution is -0.244. The highest BCUT2D eigenvalue weighted by Crippen LogP contribution is 2.32. The molecule has 3 aromatic rings. The van der Waals surface area contributed by atoms with Gasteiger partial charge in [-0.15, -0.1) is 0 Å². The Morgan fingerprint density at radius 2 is 1.39 bits per heavy atom. The van der Waals surface area contributed by atoms with E-state index in [1.807, 2.05) is 6.07 Å². The zero-order chi connectivity index (χ0) is 16.6. The Kier molecular flexibility index (Phi) is 3.56. The molecule has 0 saturated heterocycles. The van der Waals surface area contributed by atoms with Crippen molar-refractivity contribution >= 4 is 33.1 Å². The minimum atomic E-state index is -5.06. The number of rotatable bonds is 2. The third-order valence-electron chi connectivity index (χ3n) is 3.56. The van der Waals surface area contributed by atoms with Gasteiger partial charge in [-0.05, 0) is 39.3 Å². The summed E-state index contributed by atoms with van der Waals surface area (Å²) in [5.74, 6) is -3.10. The van der Waals surface area contributed by atoms with Crippen LogP contribution < -0.4 is 5.11 Å². The molecule has 0 aliphatic rings. The van der Waals surface area contributed by atoms with Crippen LogP contribution in [0.2, 0.25) is 0 Å². The van der Waals surface area contributed by atoms with E-state index in [0.29, 0.717) is 10.8 Å². The molecule has 23 heavy (non-hydrogen) atoms. The van der Waals surface area contributed by atoms with Gasteiger partial charge >= 0.3 is 6.18 Å². The number of hydrogen-bond acceptors (Lipinski definition) is 2. The van der Waals surface area contributed by atoms with Gasteiger partial charge in [0, 0.05) is 0 Å². The van der Waals surface area contributed by atoms with Crippen LogP contribution in [0.25, 0.3) is 27.3 Å². The van der Waals surface area contributed by atoms with Crippen LogP contribution in [0.1, 0.15) is 5.56 Å². The summed E-state index contributed by atoms with van der Waals surface area (Å²) in [7, 11) is 0. The Bertz CT molecular complexity index is 886. The summed E-state index contributed by atoms with van der Waals surface area (Å²) < 4.78 is 37.3. The zero-order valence-corrected chi connectivity index (χ0v) is 11.7. The molecule has 0 aliphatic heterocycles. The molecular formula is C18H10F3O2-. The van der Waals surface area contributed by atoms with E-state index in [2.05, 4.69) is 0 Å². The number of carbonyl (C=O) groups is 1. The van der Waals surface area contributed by atoms with Crippen molar-refractivity contribution in [3.63, 3.8) is 0 Å². The maximum Gasteiger partial charge on any atom is 0.454 e. The third-order valence-corrected chi connectivity index (χ3v) is 3.56. The van der Waals surface area contributed by atoms with Crippen molar-refractivity contribution in [1.82, 2.24) is 0 Å². The second-order valence-corrected chi connectivity index (χ2v) is 5.06. The second-order valence-electron chi connectivity index (χ2n) is 5.06. The second kappa shape index (κ2) is 5.43. The lowest BCUT2D eigenvalue weighted by atomic mass is 9.95. The zero-order valence-electron chi connectivity index (χ0n) is 11.7. The van der Waals surface area contributed by atoms with Gasteiger partial charge in [-0.25, -0.2) is 0 Å². The van der Waals surface area contributed by atoms with Crippen LogP contribution in [-0.4, -0.2) is 12.0 Å². The van der Waals surface area contributed by atoms with E-state index >= 15 is 0 Å². The quantitative estimate of drug-likeness (QED) is 0.410. The topological polar surface area (TPSA) is 40.1 Å². The highest BCUT2D eigenvalue weighted by atomic mass is 19.4. The first-order valence-electron chi connectivity index (χ1n) is 6.78. The van der Waals surface area contributed by atoms with Crippen LogP contribution in [0.15, 0.2) is 60.7 Å². The van der Waals surface area contributed by atoms with Crippen LogP contribution in [-0.2, 0) is 4.79 Å². The smallest absolute Gasteiger partial charge is 0.454 e. The Hall–Kier alpha value is -2.82. The largest absolute Gasteiger partial charge is 0.872 e. The highest BCUT2D eigenvalue weighted by molar-refractivity contribution is 6.10. The fourth-order valence-electron chi connectivity index (χ4n) is 2.55. The van der Waals surface area contributed by atoms with Gasteiger partial charge < -0.3 is 5.11 Å². The van der Waals surface area contributed by atoms with Gasteiger partial charge in [0.25, 0.3) is 5.78 Å². The summed E-state index contributed by atoms with van der Waals surface area (Å²) >= 11 is 0. The van der Waals surface area contributed by atoms with E-state index in [4.69, 9.17) is 0 Å². The molecule has 3 aromatic carbocycles. The van der Waals surface area contributed by atoms with Crippen molar-refractivity contribution < 1.29 is 23.1 Å². The van der Waals surface area contributed by atoms with Gasteiger partial charge in [0.2, 0.25) is 0 Å². The van der Waals surface area contributed by atoms with Crippen LogP contribution in [0.4, 0.5) is 13.2 Å². The monoisotopic (exact) mass is 315 g/mol. The molecule has 0 saturated carbocycles. The molecule has 0 aromatic heterocycles. The van der Waals surface area contributed by atoms with Crippen molar-refractivity contribution in [3.8, 4) is 0 Å². The van der Waals surface area contributed by atoms with Crippen molar-refractivity contribution in [2.24, 2.45) is 0 Å². The number of fused-ring (bicyclic) bond motifs is 2. The Morgan fingerprint density at radius 3 is 1.87 bits per heavy atom. The maximum atomic E-state index is 12.4. The molecule has 0 fully saturated rings. The van der Waals surface area contributed by atoms with Crippen molar-refractivity contribution in [1.29, 1.82) is 0 Å². The van der Waals surface area contributed by atoms with Gasteiger partial charge in [0.05, 0.1) is 0 Å². The third kappa shape index (κ3) is 2.77. The summed E-state index contributed by atoms with van der Waals surface area (Å²) in [6, 6.07) is 15.6. The van der Waals surface area contributed by atoms with Crippen LogP contribution in [0, 0.1) is 0 Å². The van der Waals surface area contributed by atoms with E-state index in [0.717, 1.165) is 10.8 Å². The minimum Gasteiger partial charge on any atom is -0.872 e. The molecule has 0 amide bonds. The maximum absolute atomic E-state index is 12.4. The first-order chi connectivity index (χ1) is 10.9. The number of halogens is 3. The molecule has 2 nitrogen and oxygen atoms in total. The molecule has 0 bridgehead atoms. The summed E-state index contributed by atoms with van der Waals surface area (Å²) in [5.41, 5.74) is 0.108. The lowest BCUT2D eigenvalue weighted by Crippen LogP contribution is -2.22. The number of alkyl halides is 3. The number of allylic oxidation sites excluding steroid dienone is 1. The van der Waals surface area contributed by atoms with Crippen molar-refractivity contribution in [3.05, 3.63) is 66.2 Å². The fourth-order valence-corrected chi connectivity index (χ4v) is 2.55. The minimum absolute atomic E-state index is 0.108. The fraction of sp³-hybridized carbons (Fsp3) is 0.0556. The molecule has 0 radical (unpaired) electrons. The number of benzene rings is 3. The number of hydrogen-bond donors (Lipinski definition) is 0. The predicted octanol–water partition coefficient (Wildman–Crippen LogP) is 3.83. The van der Waals surface area contributed by atoms with Gasteiger partial charge in [-0.1, -0.05) is 54.3 Å². The molecule has 0 aliphatic carbocycles. The van der Waals surface area contributed by atoms with E-state index < -0.39 is 17.7 Å². The van der Waals surface area contributed by atoms with E-state index in [1.54, 1.807) is 48.5 Å². The predicted molar refractivity (Wildman–Crippen MR) is 80.5 cm³/mol. The van der Waals surface area contributed by atoms with Crippen LogP contribution in [0.3, 0.4) is 0 Å². The average Bonchev–Trinajstić information content (AvgIpc) is 2.51. The summed E-state index contributed by atoms with van der Waals surface area (Å²) in [5, 5.41) is 14.8. The van der Waals surface area contributed by atoms with E-state index in [1.165, 1.54) is 0 Å². The van der Waals surface area contributed by atoms with Gasteiger partial charge in [0.1, 0.15) is 0 Å². The molecule has 0 atom stereocenters. The summed E-state index contributed by atoms with van der Waals surface area (Å²) in [6.07, 6.45) is -4.94. The molecule has 0 spiro atoms. The first-order valence-corrected chi connectivity index (χ1v) is 6.78. The standard InChI is InChI=1S/C18H11F3O2/c19-18(20,21)16(23)10-15(22)17-13-7-3-1-5-11(13)9-12-6-2-4-8-14(12)17/h1-10,22H/p-1/b15-10-. The average molecular weight is 315 g/mol. The molecule has 0 N–H and O–H groups in total. The highest BCUT2D eigenvalue weighted by Gasteiger charge is 2.36. The Balaban J connectivity index is 2.33.